The smallest absolute Gasteiger partial charge is 0.238 e. The van der Waals surface area contributed by atoms with E-state index in [1.54, 1.807) is 0 Å². The van der Waals surface area contributed by atoms with Gasteiger partial charge in [0.1, 0.15) is 0 Å². The molecule has 1 aromatic rings. The zero-order chi connectivity index (χ0) is 13.7. The maximum Gasteiger partial charge on any atom is 0.238 e. The van der Waals surface area contributed by atoms with Gasteiger partial charge in [0.05, 0.1) is 6.54 Å². The van der Waals surface area contributed by atoms with Crippen LogP contribution in [0, 0.1) is 12.8 Å². The Labute approximate surface area is 115 Å². The van der Waals surface area contributed by atoms with Crippen LogP contribution in [0.4, 0.5) is 5.69 Å². The number of benzene rings is 1. The van der Waals surface area contributed by atoms with E-state index < -0.39 is 0 Å². The van der Waals surface area contributed by atoms with Crippen molar-refractivity contribution in [2.45, 2.75) is 45.6 Å². The van der Waals surface area contributed by atoms with Crippen molar-refractivity contribution in [1.82, 2.24) is 5.32 Å². The van der Waals surface area contributed by atoms with E-state index in [-0.39, 0.29) is 5.91 Å². The lowest BCUT2D eigenvalue weighted by molar-refractivity contribution is -0.115. The molecule has 1 aliphatic rings. The Morgan fingerprint density at radius 1 is 1.37 bits per heavy atom. The maximum absolute atomic E-state index is 11.9. The fraction of sp³-hybridized carbons (Fsp3) is 0.562. The second-order valence-corrected chi connectivity index (χ2v) is 5.53. The van der Waals surface area contributed by atoms with E-state index in [1.807, 2.05) is 31.2 Å². The van der Waals surface area contributed by atoms with Crippen molar-refractivity contribution in [3.05, 3.63) is 29.8 Å². The first-order valence-corrected chi connectivity index (χ1v) is 7.28. The van der Waals surface area contributed by atoms with E-state index in [0.29, 0.717) is 12.6 Å². The van der Waals surface area contributed by atoms with Crippen LogP contribution in [0.3, 0.4) is 0 Å². The largest absolute Gasteiger partial charge is 0.325 e. The summed E-state index contributed by atoms with van der Waals surface area (Å²) in [4.78, 5) is 11.9. The maximum atomic E-state index is 11.9. The van der Waals surface area contributed by atoms with Crippen molar-refractivity contribution in [1.29, 1.82) is 0 Å². The molecule has 1 aliphatic carbocycles. The van der Waals surface area contributed by atoms with E-state index in [2.05, 4.69) is 17.6 Å². The number of para-hydroxylation sites is 1. The SMILES string of the molecule is CCC(CC1CC1)NCC(=O)Nc1ccccc1C. The van der Waals surface area contributed by atoms with E-state index in [0.717, 1.165) is 23.6 Å². The van der Waals surface area contributed by atoms with Gasteiger partial charge in [-0.2, -0.15) is 0 Å². The van der Waals surface area contributed by atoms with Crippen LogP contribution < -0.4 is 10.6 Å². The number of hydrogen-bond donors (Lipinski definition) is 2. The molecule has 1 unspecified atom stereocenters. The molecule has 0 saturated heterocycles. The van der Waals surface area contributed by atoms with Gasteiger partial charge >= 0.3 is 0 Å². The van der Waals surface area contributed by atoms with Crippen LogP contribution in [-0.4, -0.2) is 18.5 Å². The van der Waals surface area contributed by atoms with E-state index in [4.69, 9.17) is 0 Å². The Morgan fingerprint density at radius 2 is 2.11 bits per heavy atom. The van der Waals surface area contributed by atoms with Crippen molar-refractivity contribution in [2.75, 3.05) is 11.9 Å². The molecule has 1 atom stereocenters. The lowest BCUT2D eigenvalue weighted by Gasteiger charge is -2.16. The molecule has 1 fully saturated rings. The number of rotatable bonds is 7. The number of carbonyl (C=O) groups excluding carboxylic acids is 1. The van der Waals surface area contributed by atoms with Gasteiger partial charge in [-0.15, -0.1) is 0 Å². The predicted octanol–water partition coefficient (Wildman–Crippen LogP) is 3.10. The molecule has 0 heterocycles. The Balaban J connectivity index is 1.75. The highest BCUT2D eigenvalue weighted by atomic mass is 16.1. The van der Waals surface area contributed by atoms with Gasteiger partial charge < -0.3 is 10.6 Å². The first-order chi connectivity index (χ1) is 9.19. The molecular weight excluding hydrogens is 236 g/mol. The predicted molar refractivity (Wildman–Crippen MR) is 79.2 cm³/mol. The van der Waals surface area contributed by atoms with Crippen molar-refractivity contribution >= 4 is 11.6 Å². The molecule has 3 nitrogen and oxygen atoms in total. The minimum Gasteiger partial charge on any atom is -0.325 e. The molecule has 0 aromatic heterocycles. The van der Waals surface area contributed by atoms with E-state index >= 15 is 0 Å². The second-order valence-electron chi connectivity index (χ2n) is 5.53. The van der Waals surface area contributed by atoms with Gasteiger partial charge in [0.2, 0.25) is 5.91 Å². The number of nitrogens with one attached hydrogen (secondary N) is 2. The molecule has 104 valence electrons. The Morgan fingerprint density at radius 3 is 2.74 bits per heavy atom. The Bertz CT molecular complexity index is 427. The molecule has 0 bridgehead atoms. The van der Waals surface area contributed by atoms with Crippen molar-refractivity contribution in [2.24, 2.45) is 5.92 Å². The van der Waals surface area contributed by atoms with Crippen LogP contribution in [0.25, 0.3) is 0 Å². The summed E-state index contributed by atoms with van der Waals surface area (Å²) in [6.45, 7) is 4.59. The fourth-order valence-corrected chi connectivity index (χ4v) is 2.29. The summed E-state index contributed by atoms with van der Waals surface area (Å²) in [5, 5.41) is 6.33. The summed E-state index contributed by atoms with van der Waals surface area (Å²) in [6, 6.07) is 8.35. The van der Waals surface area contributed by atoms with Gasteiger partial charge in [0.25, 0.3) is 0 Å². The van der Waals surface area contributed by atoms with Crippen molar-refractivity contribution < 1.29 is 4.79 Å². The molecular formula is C16H24N2O. The summed E-state index contributed by atoms with van der Waals surface area (Å²) in [7, 11) is 0. The van der Waals surface area contributed by atoms with E-state index in [9.17, 15) is 4.79 Å². The van der Waals surface area contributed by atoms with Gasteiger partial charge in [-0.05, 0) is 37.3 Å². The number of aryl methyl sites for hydroxylation is 1. The highest BCUT2D eigenvalue weighted by Gasteiger charge is 2.24. The molecule has 2 N–H and O–H groups in total. The lowest BCUT2D eigenvalue weighted by Crippen LogP contribution is -2.36. The summed E-state index contributed by atoms with van der Waals surface area (Å²) in [5.41, 5.74) is 2.01. The van der Waals surface area contributed by atoms with Crippen molar-refractivity contribution in [3.63, 3.8) is 0 Å². The number of anilines is 1. The van der Waals surface area contributed by atoms with E-state index in [1.165, 1.54) is 19.3 Å². The minimum atomic E-state index is 0.0450. The zero-order valence-electron chi connectivity index (χ0n) is 11.9. The Hall–Kier alpha value is -1.35. The normalized spacial score (nSPS) is 16.1. The summed E-state index contributed by atoms with van der Waals surface area (Å²) < 4.78 is 0. The molecule has 1 aromatic carbocycles. The monoisotopic (exact) mass is 260 g/mol. The fourth-order valence-electron chi connectivity index (χ4n) is 2.29. The standard InChI is InChI=1S/C16H24N2O/c1-3-14(10-13-8-9-13)17-11-16(19)18-15-7-5-4-6-12(15)2/h4-7,13-14,17H,3,8-11H2,1-2H3,(H,18,19). The highest BCUT2D eigenvalue weighted by Crippen LogP contribution is 2.33. The first-order valence-electron chi connectivity index (χ1n) is 7.28. The van der Waals surface area contributed by atoms with Crippen LogP contribution in [0.1, 0.15) is 38.2 Å². The number of amides is 1. The van der Waals surface area contributed by atoms with Crippen LogP contribution in [0.5, 0.6) is 0 Å². The van der Waals surface area contributed by atoms with Gasteiger partial charge in [0.15, 0.2) is 0 Å². The van der Waals surface area contributed by atoms with Crippen LogP contribution >= 0.6 is 0 Å². The average molecular weight is 260 g/mol. The van der Waals surface area contributed by atoms with Gasteiger partial charge in [-0.25, -0.2) is 0 Å². The second kappa shape index (κ2) is 6.71. The molecule has 1 amide bonds. The third-order valence-corrected chi connectivity index (χ3v) is 3.78. The van der Waals surface area contributed by atoms with Crippen molar-refractivity contribution in [3.8, 4) is 0 Å². The molecule has 0 radical (unpaired) electrons. The van der Waals surface area contributed by atoms with Gasteiger partial charge in [-0.1, -0.05) is 38.0 Å². The third-order valence-electron chi connectivity index (χ3n) is 3.78. The topological polar surface area (TPSA) is 41.1 Å². The number of carbonyl (C=O) groups is 1. The highest BCUT2D eigenvalue weighted by molar-refractivity contribution is 5.92. The first kappa shape index (κ1) is 14.1. The van der Waals surface area contributed by atoms with Crippen LogP contribution in [-0.2, 0) is 4.79 Å². The molecule has 19 heavy (non-hydrogen) atoms. The van der Waals surface area contributed by atoms with Crippen LogP contribution in [0.15, 0.2) is 24.3 Å². The van der Waals surface area contributed by atoms with Gasteiger partial charge in [0, 0.05) is 11.7 Å². The zero-order valence-corrected chi connectivity index (χ0v) is 11.9. The lowest BCUT2D eigenvalue weighted by atomic mass is 10.1. The minimum absolute atomic E-state index is 0.0450. The number of hydrogen-bond acceptors (Lipinski definition) is 2. The quantitative estimate of drug-likeness (QED) is 0.791. The Kier molecular flexibility index (Phi) is 4.97. The average Bonchev–Trinajstić information content (AvgIpc) is 3.21. The summed E-state index contributed by atoms with van der Waals surface area (Å²) in [6.07, 6.45) is 5.05. The van der Waals surface area contributed by atoms with Crippen LogP contribution in [0.2, 0.25) is 0 Å². The molecule has 3 heteroatoms. The molecule has 0 spiro atoms. The van der Waals surface area contributed by atoms with Gasteiger partial charge in [-0.3, -0.25) is 4.79 Å². The summed E-state index contributed by atoms with van der Waals surface area (Å²) >= 11 is 0. The molecule has 2 rings (SSSR count). The molecule has 1 saturated carbocycles. The molecule has 0 aliphatic heterocycles. The summed E-state index contributed by atoms with van der Waals surface area (Å²) in [5.74, 6) is 0.945. The third kappa shape index (κ3) is 4.67.